The molecular formula is C13H18N2OS. The zero-order chi connectivity index (χ0) is 12.1. The van der Waals surface area contributed by atoms with Gasteiger partial charge in [-0.3, -0.25) is 0 Å². The first-order valence-electron chi connectivity index (χ1n) is 5.99. The summed E-state index contributed by atoms with van der Waals surface area (Å²) in [6.07, 6.45) is 3.42. The lowest BCUT2D eigenvalue weighted by molar-refractivity contribution is 0.489. The number of fused-ring (bicyclic) bond motifs is 1. The molecule has 2 aromatic rings. The van der Waals surface area contributed by atoms with Gasteiger partial charge in [-0.15, -0.1) is 0 Å². The molecule has 17 heavy (non-hydrogen) atoms. The summed E-state index contributed by atoms with van der Waals surface area (Å²) in [5.74, 6) is 1.04. The van der Waals surface area contributed by atoms with E-state index in [1.165, 1.54) is 6.42 Å². The zero-order valence-electron chi connectivity index (χ0n) is 10.1. The van der Waals surface area contributed by atoms with Gasteiger partial charge in [0.15, 0.2) is 5.58 Å². The van der Waals surface area contributed by atoms with E-state index in [1.807, 2.05) is 31.2 Å². The number of hydrogen-bond donors (Lipinski definition) is 1. The van der Waals surface area contributed by atoms with Crippen molar-refractivity contribution in [2.75, 3.05) is 5.75 Å². The van der Waals surface area contributed by atoms with Crippen LogP contribution in [0.15, 0.2) is 33.9 Å². The SMILES string of the molecule is CC(N)CCCCSc1nc2ccccc2o1. The number of thioether (sulfide) groups is 1. The molecule has 0 fully saturated rings. The van der Waals surface area contributed by atoms with Crippen molar-refractivity contribution in [2.24, 2.45) is 5.73 Å². The van der Waals surface area contributed by atoms with Crippen molar-refractivity contribution in [3.05, 3.63) is 24.3 Å². The van der Waals surface area contributed by atoms with Gasteiger partial charge in [0, 0.05) is 11.8 Å². The first-order chi connectivity index (χ1) is 8.25. The number of unbranched alkanes of at least 4 members (excludes halogenated alkanes) is 1. The van der Waals surface area contributed by atoms with E-state index < -0.39 is 0 Å². The van der Waals surface area contributed by atoms with Gasteiger partial charge in [-0.2, -0.15) is 0 Å². The van der Waals surface area contributed by atoms with Gasteiger partial charge in [0.1, 0.15) is 5.52 Å². The topological polar surface area (TPSA) is 52.0 Å². The summed E-state index contributed by atoms with van der Waals surface area (Å²) >= 11 is 1.68. The monoisotopic (exact) mass is 250 g/mol. The fraction of sp³-hybridized carbons (Fsp3) is 0.462. The second kappa shape index (κ2) is 6.07. The molecule has 3 nitrogen and oxygen atoms in total. The molecule has 0 saturated heterocycles. The van der Waals surface area contributed by atoms with Crippen LogP contribution in [0.3, 0.4) is 0 Å². The van der Waals surface area contributed by atoms with E-state index in [4.69, 9.17) is 10.2 Å². The number of benzene rings is 1. The summed E-state index contributed by atoms with van der Waals surface area (Å²) < 4.78 is 5.62. The molecule has 0 saturated carbocycles. The average molecular weight is 250 g/mol. The Hall–Kier alpha value is -1.00. The number of hydrogen-bond acceptors (Lipinski definition) is 4. The van der Waals surface area contributed by atoms with Gasteiger partial charge >= 0.3 is 0 Å². The molecule has 0 amide bonds. The van der Waals surface area contributed by atoms with Crippen LogP contribution in [-0.4, -0.2) is 16.8 Å². The maximum absolute atomic E-state index is 5.70. The lowest BCUT2D eigenvalue weighted by Gasteiger charge is -2.02. The molecule has 0 radical (unpaired) electrons. The Kier molecular flexibility index (Phi) is 4.45. The third-order valence-corrected chi connectivity index (χ3v) is 3.47. The van der Waals surface area contributed by atoms with Gasteiger partial charge in [0.25, 0.3) is 5.22 Å². The first-order valence-corrected chi connectivity index (χ1v) is 6.98. The van der Waals surface area contributed by atoms with E-state index in [-0.39, 0.29) is 0 Å². The fourth-order valence-corrected chi connectivity index (χ4v) is 2.48. The van der Waals surface area contributed by atoms with Crippen LogP contribution in [-0.2, 0) is 0 Å². The highest BCUT2D eigenvalue weighted by molar-refractivity contribution is 7.99. The van der Waals surface area contributed by atoms with E-state index in [9.17, 15) is 0 Å². The van der Waals surface area contributed by atoms with Crippen molar-refractivity contribution in [1.29, 1.82) is 0 Å². The first kappa shape index (κ1) is 12.5. The zero-order valence-corrected chi connectivity index (χ0v) is 10.9. The highest BCUT2D eigenvalue weighted by Gasteiger charge is 2.04. The van der Waals surface area contributed by atoms with Gasteiger partial charge in [-0.1, -0.05) is 30.3 Å². The molecule has 0 aliphatic heterocycles. The van der Waals surface area contributed by atoms with Crippen molar-refractivity contribution >= 4 is 22.9 Å². The molecule has 1 heterocycles. The highest BCUT2D eigenvalue weighted by atomic mass is 32.2. The maximum Gasteiger partial charge on any atom is 0.256 e. The predicted molar refractivity (Wildman–Crippen MR) is 72.2 cm³/mol. The van der Waals surface area contributed by atoms with Crippen LogP contribution in [0.1, 0.15) is 26.2 Å². The Labute approximate surface area is 106 Å². The standard InChI is InChI=1S/C13H18N2OS/c1-10(14)6-4-5-9-17-13-15-11-7-2-3-8-12(11)16-13/h2-3,7-8,10H,4-6,9,14H2,1H3. The minimum absolute atomic E-state index is 0.310. The number of oxazole rings is 1. The second-order valence-electron chi connectivity index (χ2n) is 4.27. The number of aromatic nitrogens is 1. The van der Waals surface area contributed by atoms with Crippen LogP contribution in [0.5, 0.6) is 0 Å². The Balaban J connectivity index is 1.79. The molecule has 0 bridgehead atoms. The van der Waals surface area contributed by atoms with Crippen molar-refractivity contribution < 1.29 is 4.42 Å². The molecule has 0 spiro atoms. The largest absolute Gasteiger partial charge is 0.431 e. The molecule has 2 rings (SSSR count). The van der Waals surface area contributed by atoms with E-state index in [0.717, 1.165) is 34.9 Å². The summed E-state index contributed by atoms with van der Waals surface area (Å²) in [5, 5.41) is 0.770. The molecule has 92 valence electrons. The summed E-state index contributed by atoms with van der Waals surface area (Å²) in [7, 11) is 0. The second-order valence-corrected chi connectivity index (χ2v) is 5.32. The van der Waals surface area contributed by atoms with Gasteiger partial charge in [-0.05, 0) is 31.9 Å². The van der Waals surface area contributed by atoms with Gasteiger partial charge in [0.2, 0.25) is 0 Å². The molecule has 1 aromatic carbocycles. The quantitative estimate of drug-likeness (QED) is 0.630. The van der Waals surface area contributed by atoms with E-state index >= 15 is 0 Å². The van der Waals surface area contributed by atoms with Crippen molar-refractivity contribution in [2.45, 2.75) is 37.5 Å². The number of nitrogens with zero attached hydrogens (tertiary/aromatic N) is 1. The smallest absolute Gasteiger partial charge is 0.256 e. The summed E-state index contributed by atoms with van der Waals surface area (Å²) in [6, 6.07) is 8.16. The number of para-hydroxylation sites is 2. The summed E-state index contributed by atoms with van der Waals surface area (Å²) in [6.45, 7) is 2.05. The molecular weight excluding hydrogens is 232 g/mol. The van der Waals surface area contributed by atoms with Crippen LogP contribution >= 0.6 is 11.8 Å². The molecule has 1 atom stereocenters. The maximum atomic E-state index is 5.70. The molecule has 0 aliphatic rings. The Morgan fingerprint density at radius 2 is 2.18 bits per heavy atom. The van der Waals surface area contributed by atoms with E-state index in [2.05, 4.69) is 4.98 Å². The normalized spacial score (nSPS) is 13.1. The molecule has 1 aromatic heterocycles. The van der Waals surface area contributed by atoms with E-state index in [1.54, 1.807) is 11.8 Å². The third kappa shape index (κ3) is 3.75. The van der Waals surface area contributed by atoms with Gasteiger partial charge < -0.3 is 10.2 Å². The Bertz CT molecular complexity index is 434. The molecule has 1 unspecified atom stereocenters. The Morgan fingerprint density at radius 3 is 2.94 bits per heavy atom. The summed E-state index contributed by atoms with van der Waals surface area (Å²) in [5.41, 5.74) is 7.50. The Morgan fingerprint density at radius 1 is 1.35 bits per heavy atom. The molecule has 0 aliphatic carbocycles. The molecule has 4 heteroatoms. The van der Waals surface area contributed by atoms with Crippen LogP contribution in [0.25, 0.3) is 11.1 Å². The number of nitrogens with two attached hydrogens (primary N) is 1. The highest BCUT2D eigenvalue weighted by Crippen LogP contribution is 2.23. The van der Waals surface area contributed by atoms with Gasteiger partial charge in [0.05, 0.1) is 0 Å². The molecule has 2 N–H and O–H groups in total. The van der Waals surface area contributed by atoms with Gasteiger partial charge in [-0.25, -0.2) is 4.98 Å². The average Bonchev–Trinajstić information content (AvgIpc) is 2.70. The lowest BCUT2D eigenvalue weighted by atomic mass is 10.2. The van der Waals surface area contributed by atoms with Crippen LogP contribution in [0.2, 0.25) is 0 Å². The van der Waals surface area contributed by atoms with Crippen LogP contribution < -0.4 is 5.73 Å². The third-order valence-electron chi connectivity index (χ3n) is 2.55. The van der Waals surface area contributed by atoms with Crippen LogP contribution in [0.4, 0.5) is 0 Å². The number of rotatable bonds is 6. The lowest BCUT2D eigenvalue weighted by Crippen LogP contribution is -2.13. The van der Waals surface area contributed by atoms with E-state index in [0.29, 0.717) is 6.04 Å². The fourth-order valence-electron chi connectivity index (χ4n) is 1.64. The van der Waals surface area contributed by atoms with Crippen LogP contribution in [0, 0.1) is 0 Å². The minimum atomic E-state index is 0.310. The van der Waals surface area contributed by atoms with Crippen molar-refractivity contribution in [1.82, 2.24) is 4.98 Å². The van der Waals surface area contributed by atoms with Crippen molar-refractivity contribution in [3.8, 4) is 0 Å². The predicted octanol–water partition coefficient (Wildman–Crippen LogP) is 3.44. The minimum Gasteiger partial charge on any atom is -0.431 e. The summed E-state index contributed by atoms with van der Waals surface area (Å²) in [4.78, 5) is 4.42. The van der Waals surface area contributed by atoms with Crippen molar-refractivity contribution in [3.63, 3.8) is 0 Å².